The van der Waals surface area contributed by atoms with Crippen molar-refractivity contribution in [2.24, 2.45) is 0 Å². The summed E-state index contributed by atoms with van der Waals surface area (Å²) in [6, 6.07) is 3.21. The number of phenolic OH excluding ortho intramolecular Hbond substituents is 1. The number of urea groups is 1. The first-order valence-corrected chi connectivity index (χ1v) is 8.14. The smallest absolute Gasteiger partial charge is 0.319 e. The molecule has 3 rings (SSSR count). The minimum atomic E-state index is -0.551. The molecular weight excluding hydrogens is 381 g/mol. The third kappa shape index (κ3) is 3.84. The van der Waals surface area contributed by atoms with E-state index in [1.165, 1.54) is 23.1 Å². The molecule has 0 unspecified atom stereocenters. The molecule has 0 fully saturated rings. The number of hydrogen-bond donors (Lipinski definition) is 3. The van der Waals surface area contributed by atoms with Crippen LogP contribution in [0.2, 0.25) is 10.0 Å². The summed E-state index contributed by atoms with van der Waals surface area (Å²) in [7, 11) is 0. The second kappa shape index (κ2) is 7.54. The van der Waals surface area contributed by atoms with Crippen molar-refractivity contribution < 1.29 is 9.90 Å². The lowest BCUT2D eigenvalue weighted by atomic mass is 10.3. The number of carbonyl (C=O) groups excluding carboxylic acids is 1. The number of halogens is 2. The van der Waals surface area contributed by atoms with Gasteiger partial charge in [-0.25, -0.2) is 19.7 Å². The summed E-state index contributed by atoms with van der Waals surface area (Å²) in [6.45, 7) is 1.73. The van der Waals surface area contributed by atoms with Gasteiger partial charge < -0.3 is 15.7 Å². The molecule has 2 aromatic heterocycles. The van der Waals surface area contributed by atoms with Gasteiger partial charge in [0.1, 0.15) is 12.1 Å². The quantitative estimate of drug-likeness (QED) is 0.626. The Bertz CT molecular complexity index is 933. The first-order valence-electron chi connectivity index (χ1n) is 7.38. The van der Waals surface area contributed by atoms with E-state index in [-0.39, 0.29) is 21.5 Å². The fraction of sp³-hybridized carbons (Fsp3) is 0.133. The lowest BCUT2D eigenvalue weighted by molar-refractivity contribution is 0.248. The topological polar surface area (TPSA) is 118 Å². The molecule has 2 amide bonds. The highest BCUT2D eigenvalue weighted by molar-refractivity contribution is 6.37. The van der Waals surface area contributed by atoms with E-state index in [0.717, 1.165) is 0 Å². The predicted molar refractivity (Wildman–Crippen MR) is 95.6 cm³/mol. The molecule has 3 N–H and O–H groups in total. The average molecular weight is 394 g/mol. The van der Waals surface area contributed by atoms with Crippen molar-refractivity contribution in [2.75, 3.05) is 5.32 Å². The Morgan fingerprint density at radius 2 is 1.92 bits per heavy atom. The second-order valence-corrected chi connectivity index (χ2v) is 6.00. The van der Waals surface area contributed by atoms with Gasteiger partial charge in [-0.3, -0.25) is 0 Å². The molecule has 0 saturated heterocycles. The summed E-state index contributed by atoms with van der Waals surface area (Å²) < 4.78 is 1.42. The summed E-state index contributed by atoms with van der Waals surface area (Å²) in [5.41, 5.74) is 0.214. The van der Waals surface area contributed by atoms with E-state index in [1.54, 1.807) is 25.4 Å². The number of anilines is 1. The van der Waals surface area contributed by atoms with Crippen LogP contribution in [0.4, 0.5) is 10.5 Å². The van der Waals surface area contributed by atoms with E-state index in [2.05, 4.69) is 30.7 Å². The van der Waals surface area contributed by atoms with Crippen LogP contribution in [0, 0.1) is 0 Å². The molecule has 134 valence electrons. The minimum absolute atomic E-state index is 0.0882. The molecule has 9 nitrogen and oxygen atoms in total. The lowest BCUT2D eigenvalue weighted by Crippen LogP contribution is -2.32. The minimum Gasteiger partial charge on any atom is -0.506 e. The third-order valence-corrected chi connectivity index (χ3v) is 3.95. The molecular formula is C15H13Cl2N7O2. The van der Waals surface area contributed by atoms with Gasteiger partial charge in [0, 0.05) is 18.5 Å². The Labute approximate surface area is 158 Å². The summed E-state index contributed by atoms with van der Waals surface area (Å²) in [4.78, 5) is 24.6. The molecule has 11 heteroatoms. The van der Waals surface area contributed by atoms with Gasteiger partial charge >= 0.3 is 6.03 Å². The molecule has 0 aliphatic heterocycles. The van der Waals surface area contributed by atoms with Crippen LogP contribution in [0.15, 0.2) is 36.9 Å². The van der Waals surface area contributed by atoms with Gasteiger partial charge in [-0.1, -0.05) is 23.2 Å². The zero-order valence-corrected chi connectivity index (χ0v) is 14.9. The van der Waals surface area contributed by atoms with Crippen LogP contribution < -0.4 is 10.6 Å². The fourth-order valence-corrected chi connectivity index (χ4v) is 2.58. The molecule has 0 aliphatic carbocycles. The number of nitrogens with zero attached hydrogens (tertiary/aromatic N) is 5. The Kier molecular flexibility index (Phi) is 5.19. The number of aromatic hydroxyl groups is 1. The molecule has 0 radical (unpaired) electrons. The Morgan fingerprint density at radius 3 is 2.65 bits per heavy atom. The van der Waals surface area contributed by atoms with Crippen LogP contribution in [0.25, 0.3) is 5.95 Å². The number of aromatic nitrogens is 5. The lowest BCUT2D eigenvalue weighted by Gasteiger charge is -2.15. The molecule has 1 aromatic carbocycles. The van der Waals surface area contributed by atoms with E-state index in [0.29, 0.717) is 11.8 Å². The van der Waals surface area contributed by atoms with E-state index < -0.39 is 12.1 Å². The molecule has 3 aromatic rings. The first-order chi connectivity index (χ1) is 12.5. The van der Waals surface area contributed by atoms with Gasteiger partial charge in [0.25, 0.3) is 5.95 Å². The molecule has 0 bridgehead atoms. The van der Waals surface area contributed by atoms with Crippen molar-refractivity contribution in [3.63, 3.8) is 0 Å². The summed E-state index contributed by atoms with van der Waals surface area (Å²) in [5, 5.41) is 19.2. The number of benzene rings is 1. The van der Waals surface area contributed by atoms with Crippen LogP contribution >= 0.6 is 23.2 Å². The van der Waals surface area contributed by atoms with Crippen molar-refractivity contribution in [1.29, 1.82) is 0 Å². The zero-order valence-electron chi connectivity index (χ0n) is 13.4. The number of nitrogens with one attached hydrogen (secondary N) is 2. The van der Waals surface area contributed by atoms with Crippen LogP contribution in [0.5, 0.6) is 5.75 Å². The van der Waals surface area contributed by atoms with Gasteiger partial charge in [-0.2, -0.15) is 9.78 Å². The Hall–Kier alpha value is -2.91. The molecule has 2 heterocycles. The van der Waals surface area contributed by atoms with Crippen LogP contribution in [0.1, 0.15) is 18.8 Å². The van der Waals surface area contributed by atoms with Gasteiger partial charge in [0.05, 0.1) is 21.8 Å². The van der Waals surface area contributed by atoms with Crippen molar-refractivity contribution in [2.45, 2.75) is 13.0 Å². The molecule has 1 atom stereocenters. The van der Waals surface area contributed by atoms with E-state index in [4.69, 9.17) is 23.2 Å². The second-order valence-electron chi connectivity index (χ2n) is 5.18. The maximum absolute atomic E-state index is 12.2. The standard InChI is InChI=1S/C15H13Cl2N7O2/c1-8(13-20-7-21-24(13)14-18-3-2-4-19-14)22-15(26)23-11-6-12(25)10(17)5-9(11)16/h2-8,25H,1H3,(H2,22,23,26)/t8-/m0/s1. The maximum Gasteiger partial charge on any atom is 0.319 e. The monoisotopic (exact) mass is 393 g/mol. The van der Waals surface area contributed by atoms with Crippen molar-refractivity contribution in [3.8, 4) is 11.7 Å². The van der Waals surface area contributed by atoms with E-state index in [9.17, 15) is 9.90 Å². The first kappa shape index (κ1) is 17.9. The largest absolute Gasteiger partial charge is 0.506 e. The van der Waals surface area contributed by atoms with Crippen LogP contribution in [-0.2, 0) is 0 Å². The highest BCUT2D eigenvalue weighted by Gasteiger charge is 2.18. The van der Waals surface area contributed by atoms with Gasteiger partial charge in [0.15, 0.2) is 5.82 Å². The number of carbonyl (C=O) groups is 1. The molecule has 0 spiro atoms. The average Bonchev–Trinajstić information content (AvgIpc) is 3.10. The van der Waals surface area contributed by atoms with Gasteiger partial charge in [-0.15, -0.1) is 0 Å². The van der Waals surface area contributed by atoms with Crippen molar-refractivity contribution in [1.82, 2.24) is 30.0 Å². The SMILES string of the molecule is C[C@H](NC(=O)Nc1cc(O)c(Cl)cc1Cl)c1ncnn1-c1ncccn1. The summed E-state index contributed by atoms with van der Waals surface area (Å²) in [5.74, 6) is 0.580. The van der Waals surface area contributed by atoms with Crippen molar-refractivity contribution in [3.05, 3.63) is 52.8 Å². The van der Waals surface area contributed by atoms with Gasteiger partial charge in [-0.05, 0) is 19.1 Å². The molecule has 0 aliphatic rings. The van der Waals surface area contributed by atoms with E-state index >= 15 is 0 Å². The number of amides is 2. The summed E-state index contributed by atoms with van der Waals surface area (Å²) >= 11 is 11.8. The highest BCUT2D eigenvalue weighted by Crippen LogP contribution is 2.33. The highest BCUT2D eigenvalue weighted by atomic mass is 35.5. The third-order valence-electron chi connectivity index (χ3n) is 3.34. The Morgan fingerprint density at radius 1 is 1.19 bits per heavy atom. The molecule has 26 heavy (non-hydrogen) atoms. The van der Waals surface area contributed by atoms with Crippen LogP contribution in [0.3, 0.4) is 0 Å². The fourth-order valence-electron chi connectivity index (χ4n) is 2.15. The maximum atomic E-state index is 12.2. The predicted octanol–water partition coefficient (Wildman–Crippen LogP) is 2.95. The number of phenols is 1. The number of hydrogen-bond acceptors (Lipinski definition) is 6. The Balaban J connectivity index is 1.73. The van der Waals surface area contributed by atoms with E-state index in [1.807, 2.05) is 0 Å². The summed E-state index contributed by atoms with van der Waals surface area (Å²) in [6.07, 6.45) is 4.50. The van der Waals surface area contributed by atoms with Crippen LogP contribution in [-0.4, -0.2) is 35.9 Å². The number of rotatable bonds is 4. The van der Waals surface area contributed by atoms with Gasteiger partial charge in [0.2, 0.25) is 0 Å². The van der Waals surface area contributed by atoms with Crippen molar-refractivity contribution >= 4 is 34.9 Å². The normalized spacial score (nSPS) is 11.8. The molecule has 0 saturated carbocycles. The zero-order chi connectivity index (χ0) is 18.7.